The molecule has 10 nitrogen and oxygen atoms in total. The number of carbonyl (C=O) groups is 1. The number of anilines is 1. The van der Waals surface area contributed by atoms with Gasteiger partial charge >= 0.3 is 12.0 Å². The van der Waals surface area contributed by atoms with Crippen LogP contribution >= 0.6 is 0 Å². The van der Waals surface area contributed by atoms with E-state index in [1.54, 1.807) is 4.57 Å². The Morgan fingerprint density at radius 3 is 2.64 bits per heavy atom. The molecule has 2 N–H and O–H groups in total. The lowest BCUT2D eigenvalue weighted by atomic mass is 10.0. The summed E-state index contributed by atoms with van der Waals surface area (Å²) in [6, 6.07) is 7.48. The Kier molecular flexibility index (Phi) is 4.83. The quantitative estimate of drug-likeness (QED) is 0.453. The van der Waals surface area contributed by atoms with Crippen LogP contribution in [0.15, 0.2) is 35.4 Å². The summed E-state index contributed by atoms with van der Waals surface area (Å²) in [5.74, 6) is -1.35. The zero-order chi connectivity index (χ0) is 23.3. The van der Waals surface area contributed by atoms with Crippen molar-refractivity contribution in [2.75, 3.05) is 18.0 Å². The molecule has 0 spiro atoms. The standard InChI is InChI=1S/C20H19F3N8O2/c1-29-15-14(27-17(29)18(32)28-20(21,22)23)16(25-10-24-15)30-8-6-11(7-9-30)31-13-5-3-2-4-12(13)26-19(31)33/h2-5,10-11H,6-9H2,1H3,(H,26,33)(H,28,32). The average molecular weight is 460 g/mol. The number of hydrogen-bond donors (Lipinski definition) is 2. The number of rotatable bonds is 3. The summed E-state index contributed by atoms with van der Waals surface area (Å²) in [6.45, 7) is 1.09. The molecule has 0 atom stereocenters. The van der Waals surface area contributed by atoms with E-state index in [4.69, 9.17) is 0 Å². The maximum atomic E-state index is 12.6. The van der Waals surface area contributed by atoms with Gasteiger partial charge in [0.15, 0.2) is 17.0 Å². The predicted octanol–water partition coefficient (Wildman–Crippen LogP) is 2.10. The van der Waals surface area contributed by atoms with Gasteiger partial charge in [-0.1, -0.05) is 12.1 Å². The minimum Gasteiger partial charge on any atom is -0.355 e. The van der Waals surface area contributed by atoms with E-state index in [2.05, 4.69) is 19.9 Å². The van der Waals surface area contributed by atoms with E-state index in [0.717, 1.165) is 16.4 Å². The minimum absolute atomic E-state index is 0.0147. The molecule has 0 bridgehead atoms. The number of hydrogen-bond acceptors (Lipinski definition) is 6. The Morgan fingerprint density at radius 2 is 1.91 bits per heavy atom. The molecule has 33 heavy (non-hydrogen) atoms. The second kappa shape index (κ2) is 7.60. The highest BCUT2D eigenvalue weighted by Crippen LogP contribution is 2.30. The lowest BCUT2D eigenvalue weighted by Crippen LogP contribution is -2.38. The van der Waals surface area contributed by atoms with Crippen LogP contribution in [0.25, 0.3) is 22.2 Å². The zero-order valence-electron chi connectivity index (χ0n) is 17.4. The summed E-state index contributed by atoms with van der Waals surface area (Å²) in [7, 11) is 1.42. The van der Waals surface area contributed by atoms with Gasteiger partial charge in [-0.15, -0.1) is 0 Å². The summed E-state index contributed by atoms with van der Waals surface area (Å²) in [5.41, 5.74) is 1.96. The van der Waals surface area contributed by atoms with Crippen molar-refractivity contribution in [3.63, 3.8) is 0 Å². The number of aryl methyl sites for hydroxylation is 1. The largest absolute Gasteiger partial charge is 0.484 e. The van der Waals surface area contributed by atoms with Gasteiger partial charge in [-0.3, -0.25) is 14.7 Å². The third-order valence-corrected chi connectivity index (χ3v) is 5.85. The molecule has 1 aromatic carbocycles. The third-order valence-electron chi connectivity index (χ3n) is 5.85. The Balaban J connectivity index is 1.42. The molecule has 1 aliphatic rings. The third kappa shape index (κ3) is 3.68. The fraction of sp³-hybridized carbons (Fsp3) is 0.350. The van der Waals surface area contributed by atoms with Gasteiger partial charge in [0.2, 0.25) is 5.82 Å². The highest BCUT2D eigenvalue weighted by atomic mass is 19.4. The number of aromatic nitrogens is 6. The van der Waals surface area contributed by atoms with Crippen LogP contribution in [0, 0.1) is 0 Å². The van der Waals surface area contributed by atoms with E-state index in [-0.39, 0.29) is 22.9 Å². The maximum Gasteiger partial charge on any atom is 0.484 e. The number of amides is 1. The minimum atomic E-state index is -4.87. The van der Waals surface area contributed by atoms with E-state index in [1.165, 1.54) is 17.9 Å². The number of fused-ring (bicyclic) bond motifs is 2. The molecule has 0 radical (unpaired) electrons. The summed E-state index contributed by atoms with van der Waals surface area (Å²) >= 11 is 0. The van der Waals surface area contributed by atoms with E-state index < -0.39 is 18.0 Å². The molecular weight excluding hydrogens is 441 g/mol. The number of nitrogens with zero attached hydrogens (tertiary/aromatic N) is 6. The molecule has 1 fully saturated rings. The second-order valence-corrected chi connectivity index (χ2v) is 7.85. The van der Waals surface area contributed by atoms with E-state index in [9.17, 15) is 22.8 Å². The average Bonchev–Trinajstić information content (AvgIpc) is 3.29. The monoisotopic (exact) mass is 460 g/mol. The van der Waals surface area contributed by atoms with Crippen molar-refractivity contribution in [1.82, 2.24) is 34.4 Å². The molecule has 1 saturated heterocycles. The van der Waals surface area contributed by atoms with E-state index >= 15 is 0 Å². The van der Waals surface area contributed by atoms with Crippen LogP contribution in [-0.2, 0) is 7.05 Å². The first kappa shape index (κ1) is 21.0. The van der Waals surface area contributed by atoms with Gasteiger partial charge in [0.1, 0.15) is 6.33 Å². The van der Waals surface area contributed by atoms with Gasteiger partial charge in [0.05, 0.1) is 11.0 Å². The molecule has 3 aromatic heterocycles. The number of benzene rings is 1. The highest BCUT2D eigenvalue weighted by molar-refractivity contribution is 5.96. The molecule has 4 heterocycles. The molecule has 13 heteroatoms. The van der Waals surface area contributed by atoms with Crippen molar-refractivity contribution in [3.8, 4) is 0 Å². The molecule has 0 saturated carbocycles. The van der Waals surface area contributed by atoms with Crippen LogP contribution in [0.3, 0.4) is 0 Å². The Morgan fingerprint density at radius 1 is 1.18 bits per heavy atom. The van der Waals surface area contributed by atoms with Gasteiger partial charge in [0.25, 0.3) is 5.91 Å². The van der Waals surface area contributed by atoms with E-state index in [0.29, 0.717) is 31.7 Å². The van der Waals surface area contributed by atoms with Crippen LogP contribution in [0.4, 0.5) is 19.0 Å². The lowest BCUT2D eigenvalue weighted by molar-refractivity contribution is -0.146. The van der Waals surface area contributed by atoms with Crippen molar-refractivity contribution in [2.45, 2.75) is 25.2 Å². The van der Waals surface area contributed by atoms with Crippen molar-refractivity contribution < 1.29 is 18.0 Å². The Labute approximate surface area is 184 Å². The summed E-state index contributed by atoms with van der Waals surface area (Å²) in [5, 5.41) is 0.958. The zero-order valence-corrected chi connectivity index (χ0v) is 17.4. The number of H-pyrrole nitrogens is 1. The number of piperidine rings is 1. The number of carbonyl (C=O) groups excluding carboxylic acids is 1. The van der Waals surface area contributed by atoms with Crippen LogP contribution < -0.4 is 15.9 Å². The molecule has 4 aromatic rings. The van der Waals surface area contributed by atoms with Crippen molar-refractivity contribution in [3.05, 3.63) is 46.9 Å². The maximum absolute atomic E-state index is 12.6. The number of nitrogens with one attached hydrogen (secondary N) is 2. The van der Waals surface area contributed by atoms with Crippen molar-refractivity contribution in [1.29, 1.82) is 0 Å². The number of alkyl halides is 3. The molecule has 0 unspecified atom stereocenters. The molecular formula is C20H19F3N8O2. The fourth-order valence-electron chi connectivity index (χ4n) is 4.38. The first-order valence-corrected chi connectivity index (χ1v) is 10.2. The lowest BCUT2D eigenvalue weighted by Gasteiger charge is -2.33. The Hall–Kier alpha value is -3.90. The molecule has 1 aliphatic heterocycles. The van der Waals surface area contributed by atoms with Gasteiger partial charge < -0.3 is 14.5 Å². The summed E-state index contributed by atoms with van der Waals surface area (Å²) in [6.07, 6.45) is -2.27. The van der Waals surface area contributed by atoms with Crippen LogP contribution in [-0.4, -0.2) is 54.4 Å². The number of para-hydroxylation sites is 2. The van der Waals surface area contributed by atoms with Gasteiger partial charge in [-0.2, -0.15) is 13.2 Å². The number of imidazole rings is 2. The topological polar surface area (TPSA) is 114 Å². The van der Waals surface area contributed by atoms with E-state index in [1.807, 2.05) is 29.2 Å². The highest BCUT2D eigenvalue weighted by Gasteiger charge is 2.33. The smallest absolute Gasteiger partial charge is 0.355 e. The fourth-order valence-corrected chi connectivity index (χ4v) is 4.38. The van der Waals surface area contributed by atoms with Crippen molar-refractivity contribution >= 4 is 33.9 Å². The van der Waals surface area contributed by atoms with Gasteiger partial charge in [-0.25, -0.2) is 19.7 Å². The van der Waals surface area contributed by atoms with Crippen LogP contribution in [0.1, 0.15) is 29.5 Å². The molecule has 0 aliphatic carbocycles. The number of halogens is 3. The summed E-state index contributed by atoms with van der Waals surface area (Å²) in [4.78, 5) is 41.9. The molecule has 5 rings (SSSR count). The SMILES string of the molecule is Cn1c(C(=O)NC(F)(F)F)nc2c(N3CCC(n4c(=O)[nH]c5ccccc54)CC3)ncnc21. The molecule has 172 valence electrons. The van der Waals surface area contributed by atoms with Crippen LogP contribution in [0.2, 0.25) is 0 Å². The van der Waals surface area contributed by atoms with Crippen LogP contribution in [0.5, 0.6) is 0 Å². The Bertz CT molecular complexity index is 1410. The normalized spacial score (nSPS) is 15.5. The predicted molar refractivity (Wildman–Crippen MR) is 113 cm³/mol. The first-order chi connectivity index (χ1) is 15.7. The second-order valence-electron chi connectivity index (χ2n) is 7.85. The van der Waals surface area contributed by atoms with Gasteiger partial charge in [0, 0.05) is 26.2 Å². The van der Waals surface area contributed by atoms with Gasteiger partial charge in [-0.05, 0) is 25.0 Å². The first-order valence-electron chi connectivity index (χ1n) is 10.2. The molecule has 1 amide bonds. The number of aromatic amines is 1. The van der Waals surface area contributed by atoms with Crippen molar-refractivity contribution in [2.24, 2.45) is 7.05 Å². The summed E-state index contributed by atoms with van der Waals surface area (Å²) < 4.78 is 40.8.